The van der Waals surface area contributed by atoms with Gasteiger partial charge in [-0.05, 0) is 59.4 Å². The van der Waals surface area contributed by atoms with Crippen LogP contribution in [0.4, 0.5) is 4.79 Å². The first-order valence-electron chi connectivity index (χ1n) is 11.4. The van der Waals surface area contributed by atoms with Crippen LogP contribution in [0.15, 0.2) is 66.7 Å². The van der Waals surface area contributed by atoms with Crippen molar-refractivity contribution in [1.82, 2.24) is 4.90 Å². The van der Waals surface area contributed by atoms with Gasteiger partial charge in [-0.1, -0.05) is 48.5 Å². The van der Waals surface area contributed by atoms with Crippen molar-refractivity contribution in [2.24, 2.45) is 0 Å². The summed E-state index contributed by atoms with van der Waals surface area (Å²) in [5.41, 5.74) is 0.955. The summed E-state index contributed by atoms with van der Waals surface area (Å²) in [6.45, 7) is 0.272. The lowest BCUT2D eigenvalue weighted by molar-refractivity contribution is -0.0895. The molecule has 5 rings (SSSR count). The molecule has 0 spiro atoms. The number of hydrogen-bond donors (Lipinski definition) is 1. The Balaban J connectivity index is 1.35. The third-order valence-corrected chi connectivity index (χ3v) is 7.01. The fourth-order valence-electron chi connectivity index (χ4n) is 5.40. The van der Waals surface area contributed by atoms with E-state index in [9.17, 15) is 9.90 Å². The van der Waals surface area contributed by atoms with Gasteiger partial charge in [0.15, 0.2) is 0 Å². The van der Waals surface area contributed by atoms with Gasteiger partial charge in [-0.2, -0.15) is 0 Å². The molecule has 5 nitrogen and oxygen atoms in total. The number of hydrogen-bond acceptors (Lipinski definition) is 4. The Hall–Kier alpha value is -3.05. The summed E-state index contributed by atoms with van der Waals surface area (Å²) in [5, 5.41) is 13.9. The number of fused-ring (bicyclic) bond motifs is 3. The smallest absolute Gasteiger partial charge is 0.410 e. The number of amides is 1. The third kappa shape index (κ3) is 3.93. The minimum atomic E-state index is -0.944. The third-order valence-electron chi connectivity index (χ3n) is 7.01. The average molecular weight is 432 g/mol. The van der Waals surface area contributed by atoms with Crippen molar-refractivity contribution in [1.29, 1.82) is 0 Å². The second kappa shape index (κ2) is 8.47. The van der Waals surface area contributed by atoms with Gasteiger partial charge in [0.05, 0.1) is 12.7 Å². The summed E-state index contributed by atoms with van der Waals surface area (Å²) < 4.78 is 11.0. The van der Waals surface area contributed by atoms with Crippen molar-refractivity contribution < 1.29 is 19.4 Å². The second-order valence-electron chi connectivity index (χ2n) is 9.05. The summed E-state index contributed by atoms with van der Waals surface area (Å²) in [5.74, 6) is 0.820. The molecule has 2 atom stereocenters. The highest BCUT2D eigenvalue weighted by Gasteiger charge is 2.48. The Morgan fingerprint density at radius 2 is 1.69 bits per heavy atom. The quantitative estimate of drug-likeness (QED) is 0.602. The number of carbonyl (C=O) groups is 1. The number of aliphatic hydroxyl groups is 1. The Labute approximate surface area is 188 Å². The first-order chi connectivity index (χ1) is 15.6. The lowest BCUT2D eigenvalue weighted by atomic mass is 9.72. The van der Waals surface area contributed by atoms with E-state index in [1.807, 2.05) is 65.6 Å². The highest BCUT2D eigenvalue weighted by Crippen LogP contribution is 2.45. The van der Waals surface area contributed by atoms with Gasteiger partial charge in [0.2, 0.25) is 0 Å². The summed E-state index contributed by atoms with van der Waals surface area (Å²) in [6.07, 6.45) is 3.66. The first-order valence-corrected chi connectivity index (χ1v) is 11.4. The molecule has 2 aliphatic rings. The maximum atomic E-state index is 13.0. The van der Waals surface area contributed by atoms with Crippen LogP contribution in [0.2, 0.25) is 0 Å². The van der Waals surface area contributed by atoms with Crippen molar-refractivity contribution in [3.05, 3.63) is 77.9 Å². The summed E-state index contributed by atoms with van der Waals surface area (Å²) >= 11 is 0. The summed E-state index contributed by atoms with van der Waals surface area (Å²) in [4.78, 5) is 14.9. The van der Waals surface area contributed by atoms with Gasteiger partial charge in [0, 0.05) is 24.9 Å². The molecule has 5 heteroatoms. The minimum Gasteiger partial charge on any atom is -0.497 e. The van der Waals surface area contributed by atoms with Crippen LogP contribution < -0.4 is 4.74 Å². The van der Waals surface area contributed by atoms with Crippen LogP contribution in [0, 0.1) is 0 Å². The van der Waals surface area contributed by atoms with Crippen LogP contribution in [0.1, 0.15) is 43.2 Å². The molecule has 2 bridgehead atoms. The van der Waals surface area contributed by atoms with E-state index in [0.29, 0.717) is 12.8 Å². The van der Waals surface area contributed by atoms with Gasteiger partial charge in [-0.3, -0.25) is 0 Å². The molecule has 2 fully saturated rings. The van der Waals surface area contributed by atoms with Crippen molar-refractivity contribution in [3.8, 4) is 5.75 Å². The van der Waals surface area contributed by atoms with Gasteiger partial charge in [-0.25, -0.2) is 4.79 Å². The normalized spacial score (nSPS) is 24.9. The number of benzene rings is 3. The van der Waals surface area contributed by atoms with E-state index >= 15 is 0 Å². The number of piperidine rings is 2. The maximum absolute atomic E-state index is 13.0. The van der Waals surface area contributed by atoms with Crippen LogP contribution in [0.3, 0.4) is 0 Å². The number of ether oxygens (including phenoxy) is 2. The van der Waals surface area contributed by atoms with Crippen LogP contribution in [0.5, 0.6) is 5.75 Å². The van der Waals surface area contributed by atoms with Gasteiger partial charge >= 0.3 is 6.09 Å². The molecule has 166 valence electrons. The molecule has 3 aromatic carbocycles. The Bertz CT molecular complexity index is 1100. The fourth-order valence-corrected chi connectivity index (χ4v) is 5.40. The van der Waals surface area contributed by atoms with E-state index < -0.39 is 5.60 Å². The van der Waals surface area contributed by atoms with E-state index in [1.54, 1.807) is 7.11 Å². The Morgan fingerprint density at radius 3 is 2.41 bits per heavy atom. The molecule has 2 aliphatic heterocycles. The molecular weight excluding hydrogens is 402 g/mol. The average Bonchev–Trinajstić information content (AvgIpc) is 2.82. The zero-order chi connectivity index (χ0) is 22.1. The maximum Gasteiger partial charge on any atom is 0.410 e. The largest absolute Gasteiger partial charge is 0.497 e. The number of rotatable bonds is 4. The molecule has 0 aromatic heterocycles. The van der Waals surface area contributed by atoms with E-state index in [1.165, 1.54) is 0 Å². The van der Waals surface area contributed by atoms with Crippen molar-refractivity contribution in [2.75, 3.05) is 7.11 Å². The van der Waals surface area contributed by atoms with E-state index in [4.69, 9.17) is 9.47 Å². The highest BCUT2D eigenvalue weighted by atomic mass is 16.6. The molecule has 0 saturated carbocycles. The van der Waals surface area contributed by atoms with E-state index in [-0.39, 0.29) is 24.8 Å². The van der Waals surface area contributed by atoms with Crippen LogP contribution in [0.25, 0.3) is 10.8 Å². The Morgan fingerprint density at radius 1 is 1.00 bits per heavy atom. The van der Waals surface area contributed by atoms with Gasteiger partial charge in [0.1, 0.15) is 12.4 Å². The molecule has 2 saturated heterocycles. The highest BCUT2D eigenvalue weighted by molar-refractivity contribution is 5.84. The first kappa shape index (κ1) is 20.8. The van der Waals surface area contributed by atoms with Gasteiger partial charge in [-0.15, -0.1) is 0 Å². The lowest BCUT2D eigenvalue weighted by Crippen LogP contribution is -2.58. The molecule has 1 amide bonds. The van der Waals surface area contributed by atoms with Crippen molar-refractivity contribution in [3.63, 3.8) is 0 Å². The van der Waals surface area contributed by atoms with E-state index in [0.717, 1.165) is 46.9 Å². The Kier molecular flexibility index (Phi) is 5.51. The molecule has 3 aromatic rings. The summed E-state index contributed by atoms with van der Waals surface area (Å²) in [7, 11) is 1.66. The fraction of sp³-hybridized carbons (Fsp3) is 0.370. The molecule has 0 aliphatic carbocycles. The number of methoxy groups -OCH3 is 1. The number of nitrogens with zero attached hydrogens (tertiary/aromatic N) is 1. The molecule has 32 heavy (non-hydrogen) atoms. The zero-order valence-corrected chi connectivity index (χ0v) is 18.4. The topological polar surface area (TPSA) is 59.0 Å². The van der Waals surface area contributed by atoms with Crippen molar-refractivity contribution in [2.45, 2.75) is 56.4 Å². The molecule has 1 N–H and O–H groups in total. The number of carbonyl (C=O) groups excluding carboxylic acids is 1. The molecular formula is C27H29NO4. The van der Waals surface area contributed by atoms with Gasteiger partial charge < -0.3 is 19.5 Å². The van der Waals surface area contributed by atoms with Crippen LogP contribution in [-0.2, 0) is 16.9 Å². The standard InChI is InChI=1S/C27H29NO4/c1-31-25-13-11-20-14-22(12-10-21(20)15-25)27(30)16-23-8-5-9-24(17-27)28(23)26(29)32-18-19-6-3-2-4-7-19/h2-4,6-7,10-15,23-24,30H,5,8-9,16-18H2,1H3. The second-order valence-corrected chi connectivity index (χ2v) is 9.05. The molecule has 0 radical (unpaired) electrons. The van der Waals surface area contributed by atoms with Crippen molar-refractivity contribution >= 4 is 16.9 Å². The van der Waals surface area contributed by atoms with Crippen LogP contribution >= 0.6 is 0 Å². The molecule has 2 unspecified atom stereocenters. The van der Waals surface area contributed by atoms with E-state index in [2.05, 4.69) is 6.07 Å². The lowest BCUT2D eigenvalue weighted by Gasteiger charge is -2.51. The minimum absolute atomic E-state index is 0.0117. The predicted molar refractivity (Wildman–Crippen MR) is 124 cm³/mol. The summed E-state index contributed by atoms with van der Waals surface area (Å²) in [6, 6.07) is 21.8. The van der Waals surface area contributed by atoms with Crippen LogP contribution in [-0.4, -0.2) is 35.3 Å². The predicted octanol–water partition coefficient (Wildman–Crippen LogP) is 5.39. The molecule has 2 heterocycles. The monoisotopic (exact) mass is 431 g/mol. The SMILES string of the molecule is COc1ccc2cc(C3(O)CC4CCCC(C3)N4C(=O)OCc3ccccc3)ccc2c1. The zero-order valence-electron chi connectivity index (χ0n) is 18.4. The van der Waals surface area contributed by atoms with Gasteiger partial charge in [0.25, 0.3) is 0 Å².